The summed E-state index contributed by atoms with van der Waals surface area (Å²) in [6.45, 7) is 2.81. The number of piperazine rings is 1. The molecule has 0 amide bonds. The lowest BCUT2D eigenvalue weighted by Crippen LogP contribution is -2.50. The van der Waals surface area contributed by atoms with Crippen molar-refractivity contribution in [2.24, 2.45) is 5.73 Å². The van der Waals surface area contributed by atoms with Crippen LogP contribution in [0.25, 0.3) is 0 Å². The van der Waals surface area contributed by atoms with Gasteiger partial charge in [-0.25, -0.2) is 8.42 Å². The molecule has 2 rings (SSSR count). The van der Waals surface area contributed by atoms with Crippen LogP contribution in [0.5, 0.6) is 0 Å². The Hall–Kier alpha value is -0.180. The Morgan fingerprint density at radius 3 is 2.43 bits per heavy atom. The maximum atomic E-state index is 11.6. The molecule has 1 heterocycles. The molecule has 1 aromatic rings. The van der Waals surface area contributed by atoms with Gasteiger partial charge < -0.3 is 5.73 Å². The maximum absolute atomic E-state index is 11.6. The molecule has 21 heavy (non-hydrogen) atoms. The van der Waals surface area contributed by atoms with Crippen LogP contribution in [0, 0.1) is 0 Å². The van der Waals surface area contributed by atoms with Crippen LogP contribution in [-0.2, 0) is 10.0 Å². The lowest BCUT2D eigenvalue weighted by Gasteiger charge is -2.38. The largest absolute Gasteiger partial charge is 0.329 e. The molecule has 1 unspecified atom stereocenters. The number of nitrogens with two attached hydrogens (primary N) is 1. The van der Waals surface area contributed by atoms with E-state index in [2.05, 4.69) is 20.8 Å². The van der Waals surface area contributed by atoms with Crippen molar-refractivity contribution in [1.29, 1.82) is 0 Å². The number of hydrogen-bond donors (Lipinski definition) is 1. The summed E-state index contributed by atoms with van der Waals surface area (Å²) in [5.74, 6) is 0. The predicted molar refractivity (Wildman–Crippen MR) is 88.9 cm³/mol. The van der Waals surface area contributed by atoms with Crippen LogP contribution >= 0.6 is 27.5 Å². The van der Waals surface area contributed by atoms with E-state index in [4.69, 9.17) is 17.3 Å². The first-order chi connectivity index (χ1) is 9.82. The summed E-state index contributed by atoms with van der Waals surface area (Å²) in [5.41, 5.74) is 7.01. The molecule has 0 saturated carbocycles. The highest BCUT2D eigenvalue weighted by Crippen LogP contribution is 2.30. The second-order valence-corrected chi connectivity index (χ2v) is 8.39. The third-order valence-electron chi connectivity index (χ3n) is 3.73. The summed E-state index contributed by atoms with van der Waals surface area (Å²) in [6.07, 6.45) is 1.25. The van der Waals surface area contributed by atoms with Gasteiger partial charge in [-0.15, -0.1) is 0 Å². The predicted octanol–water partition coefficient (Wildman–Crippen LogP) is 1.68. The van der Waals surface area contributed by atoms with E-state index in [0.29, 0.717) is 37.7 Å². The number of sulfonamides is 1. The van der Waals surface area contributed by atoms with Crippen molar-refractivity contribution < 1.29 is 8.42 Å². The zero-order valence-electron chi connectivity index (χ0n) is 11.8. The summed E-state index contributed by atoms with van der Waals surface area (Å²) in [7, 11) is -3.11. The van der Waals surface area contributed by atoms with Gasteiger partial charge in [0.15, 0.2) is 0 Å². The molecule has 1 aliphatic heterocycles. The summed E-state index contributed by atoms with van der Waals surface area (Å²) in [4.78, 5) is 2.22. The third-order valence-corrected chi connectivity index (χ3v) is 5.95. The van der Waals surface area contributed by atoms with E-state index < -0.39 is 10.0 Å². The van der Waals surface area contributed by atoms with Gasteiger partial charge in [-0.3, -0.25) is 4.90 Å². The van der Waals surface area contributed by atoms with E-state index in [9.17, 15) is 8.42 Å². The molecular formula is C13H19BrClN3O2S. The summed E-state index contributed by atoms with van der Waals surface area (Å²) >= 11 is 9.50. The lowest BCUT2D eigenvalue weighted by atomic mass is 10.0. The second kappa shape index (κ2) is 6.93. The number of nitrogens with zero attached hydrogens (tertiary/aromatic N) is 2. The average molecular weight is 397 g/mol. The number of benzene rings is 1. The number of rotatable bonds is 4. The average Bonchev–Trinajstić information content (AvgIpc) is 2.41. The summed E-state index contributed by atoms with van der Waals surface area (Å²) in [5, 5.41) is 0.670. The molecule has 0 aliphatic carbocycles. The van der Waals surface area contributed by atoms with Crippen LogP contribution < -0.4 is 5.73 Å². The van der Waals surface area contributed by atoms with Crippen molar-refractivity contribution in [3.8, 4) is 0 Å². The molecule has 118 valence electrons. The Bertz CT molecular complexity index is 603. The minimum atomic E-state index is -3.11. The Kier molecular flexibility index (Phi) is 5.67. The molecule has 5 nitrogen and oxygen atoms in total. The van der Waals surface area contributed by atoms with Crippen molar-refractivity contribution in [3.05, 3.63) is 33.3 Å². The molecule has 1 fully saturated rings. The first kappa shape index (κ1) is 17.2. The van der Waals surface area contributed by atoms with Gasteiger partial charge in [0.25, 0.3) is 0 Å². The van der Waals surface area contributed by atoms with Gasteiger partial charge in [0.05, 0.1) is 6.26 Å². The van der Waals surface area contributed by atoms with Gasteiger partial charge in [0.2, 0.25) is 10.0 Å². The van der Waals surface area contributed by atoms with Crippen molar-refractivity contribution in [1.82, 2.24) is 9.21 Å². The van der Waals surface area contributed by atoms with Gasteiger partial charge in [0, 0.05) is 48.3 Å². The number of halogens is 2. The topological polar surface area (TPSA) is 66.6 Å². The minimum Gasteiger partial charge on any atom is -0.329 e. The van der Waals surface area contributed by atoms with E-state index in [1.165, 1.54) is 10.6 Å². The Balaban J connectivity index is 2.13. The van der Waals surface area contributed by atoms with Gasteiger partial charge in [-0.05, 0) is 17.7 Å². The van der Waals surface area contributed by atoms with Crippen molar-refractivity contribution >= 4 is 37.6 Å². The molecule has 0 aromatic heterocycles. The Labute approximate surface area is 139 Å². The zero-order valence-corrected chi connectivity index (χ0v) is 15.0. The zero-order chi connectivity index (χ0) is 15.6. The monoisotopic (exact) mass is 395 g/mol. The Morgan fingerprint density at radius 2 is 1.95 bits per heavy atom. The molecule has 0 bridgehead atoms. The van der Waals surface area contributed by atoms with Crippen molar-refractivity contribution in [2.75, 3.05) is 39.0 Å². The minimum absolute atomic E-state index is 0.0540. The SMILES string of the molecule is CS(=O)(=O)N1CCN(C(CN)c2ccc(Cl)cc2Br)CC1. The molecule has 8 heteroatoms. The molecule has 1 atom stereocenters. The molecular weight excluding hydrogens is 378 g/mol. The van der Waals surface area contributed by atoms with Crippen LogP contribution in [0.3, 0.4) is 0 Å². The Morgan fingerprint density at radius 1 is 1.33 bits per heavy atom. The quantitative estimate of drug-likeness (QED) is 0.841. The van der Waals surface area contributed by atoms with Crippen molar-refractivity contribution in [3.63, 3.8) is 0 Å². The standard InChI is InChI=1S/C13H19BrClN3O2S/c1-21(19,20)18-6-4-17(5-7-18)13(9-16)11-3-2-10(15)8-12(11)14/h2-3,8,13H,4-7,9,16H2,1H3. The molecule has 2 N–H and O–H groups in total. The van der Waals surface area contributed by atoms with Crippen LogP contribution in [-0.4, -0.2) is 56.6 Å². The van der Waals surface area contributed by atoms with E-state index in [-0.39, 0.29) is 6.04 Å². The van der Waals surface area contributed by atoms with E-state index in [0.717, 1.165) is 10.0 Å². The maximum Gasteiger partial charge on any atom is 0.211 e. The van der Waals surface area contributed by atoms with Crippen LogP contribution in [0.4, 0.5) is 0 Å². The molecule has 1 saturated heterocycles. The highest BCUT2D eigenvalue weighted by molar-refractivity contribution is 9.10. The normalized spacial score (nSPS) is 19.6. The molecule has 1 aromatic carbocycles. The summed E-state index contributed by atoms with van der Waals surface area (Å²) in [6, 6.07) is 5.72. The molecule has 0 spiro atoms. The van der Waals surface area contributed by atoms with E-state index in [1.54, 1.807) is 0 Å². The van der Waals surface area contributed by atoms with Gasteiger partial charge in [-0.2, -0.15) is 4.31 Å². The second-order valence-electron chi connectivity index (χ2n) is 5.12. The van der Waals surface area contributed by atoms with Gasteiger partial charge in [0.1, 0.15) is 0 Å². The smallest absolute Gasteiger partial charge is 0.211 e. The fourth-order valence-electron chi connectivity index (χ4n) is 2.59. The van der Waals surface area contributed by atoms with E-state index >= 15 is 0 Å². The highest BCUT2D eigenvalue weighted by Gasteiger charge is 2.28. The fourth-order valence-corrected chi connectivity index (χ4v) is 4.36. The van der Waals surface area contributed by atoms with Gasteiger partial charge >= 0.3 is 0 Å². The molecule has 1 aliphatic rings. The fraction of sp³-hybridized carbons (Fsp3) is 0.538. The van der Waals surface area contributed by atoms with Crippen LogP contribution in [0.2, 0.25) is 5.02 Å². The lowest BCUT2D eigenvalue weighted by molar-refractivity contribution is 0.140. The van der Waals surface area contributed by atoms with E-state index in [1.807, 2.05) is 18.2 Å². The first-order valence-electron chi connectivity index (χ1n) is 6.67. The van der Waals surface area contributed by atoms with Crippen molar-refractivity contribution in [2.45, 2.75) is 6.04 Å². The third kappa shape index (κ3) is 4.18. The summed E-state index contributed by atoms with van der Waals surface area (Å²) < 4.78 is 25.5. The van der Waals surface area contributed by atoms with Gasteiger partial charge in [-0.1, -0.05) is 33.6 Å². The molecule has 0 radical (unpaired) electrons. The van der Waals surface area contributed by atoms with Crippen LogP contribution in [0.1, 0.15) is 11.6 Å². The van der Waals surface area contributed by atoms with Crippen LogP contribution in [0.15, 0.2) is 22.7 Å². The highest BCUT2D eigenvalue weighted by atomic mass is 79.9. The number of hydrogen-bond acceptors (Lipinski definition) is 4. The first-order valence-corrected chi connectivity index (χ1v) is 9.69.